The molecule has 2 aromatic carbocycles. The van der Waals surface area contributed by atoms with Crippen molar-refractivity contribution >= 4 is 23.3 Å². The average Bonchev–Trinajstić information content (AvgIpc) is 2.58. The summed E-state index contributed by atoms with van der Waals surface area (Å²) in [4.78, 5) is 23.6. The van der Waals surface area contributed by atoms with Crippen LogP contribution in [0.15, 0.2) is 42.5 Å². The minimum Gasteiger partial charge on any atom is -0.495 e. The highest BCUT2D eigenvalue weighted by atomic mass is 16.5. The predicted molar refractivity (Wildman–Crippen MR) is 94.6 cm³/mol. The fraction of sp³-hybridized carbons (Fsp3) is 0.222. The molecule has 0 fully saturated rings. The van der Waals surface area contributed by atoms with Gasteiger partial charge in [-0.2, -0.15) is 0 Å². The Morgan fingerprint density at radius 2 is 1.75 bits per heavy atom. The number of ether oxygens (including phenoxy) is 1. The lowest BCUT2D eigenvalue weighted by molar-refractivity contribution is -0.119. The van der Waals surface area contributed by atoms with E-state index in [9.17, 15) is 9.59 Å². The topological polar surface area (TPSA) is 79.5 Å². The van der Waals surface area contributed by atoms with Crippen LogP contribution in [0.25, 0.3) is 0 Å². The Bertz CT molecular complexity index is 744. The van der Waals surface area contributed by atoms with Crippen LogP contribution in [-0.4, -0.2) is 26.1 Å². The molecule has 0 saturated carbocycles. The molecule has 0 saturated heterocycles. The summed E-state index contributed by atoms with van der Waals surface area (Å²) < 4.78 is 5.30. The van der Waals surface area contributed by atoms with Crippen LogP contribution >= 0.6 is 0 Å². The van der Waals surface area contributed by atoms with Crippen molar-refractivity contribution in [1.29, 1.82) is 0 Å². The number of urea groups is 1. The van der Waals surface area contributed by atoms with Gasteiger partial charge in [0.2, 0.25) is 5.91 Å². The van der Waals surface area contributed by atoms with E-state index in [1.54, 1.807) is 25.2 Å². The van der Waals surface area contributed by atoms with Crippen molar-refractivity contribution in [3.05, 3.63) is 53.6 Å². The summed E-state index contributed by atoms with van der Waals surface area (Å²) in [6.07, 6.45) is 0.253. The number of carbonyl (C=O) groups excluding carboxylic acids is 2. The molecule has 0 atom stereocenters. The number of hydrogen-bond donors (Lipinski definition) is 3. The molecule has 24 heavy (non-hydrogen) atoms. The summed E-state index contributed by atoms with van der Waals surface area (Å²) in [7, 11) is 3.11. The molecule has 0 unspecified atom stereocenters. The SMILES string of the molecule is CNC(=O)Cc1ccc(NC(=O)Nc2ccccc2C)c(OC)c1. The van der Waals surface area contributed by atoms with Crippen LogP contribution in [0.1, 0.15) is 11.1 Å². The highest BCUT2D eigenvalue weighted by molar-refractivity contribution is 6.01. The van der Waals surface area contributed by atoms with Gasteiger partial charge in [0.15, 0.2) is 0 Å². The maximum Gasteiger partial charge on any atom is 0.323 e. The second-order valence-electron chi connectivity index (χ2n) is 5.28. The van der Waals surface area contributed by atoms with E-state index in [-0.39, 0.29) is 18.4 Å². The molecule has 0 aromatic heterocycles. The molecule has 3 N–H and O–H groups in total. The smallest absolute Gasteiger partial charge is 0.323 e. The molecule has 0 heterocycles. The number of amides is 3. The second-order valence-corrected chi connectivity index (χ2v) is 5.28. The van der Waals surface area contributed by atoms with Crippen molar-refractivity contribution < 1.29 is 14.3 Å². The van der Waals surface area contributed by atoms with Gasteiger partial charge in [0.05, 0.1) is 19.2 Å². The molecule has 0 aliphatic rings. The molecule has 3 amide bonds. The first-order valence-electron chi connectivity index (χ1n) is 7.54. The van der Waals surface area contributed by atoms with Gasteiger partial charge in [0.1, 0.15) is 5.75 Å². The van der Waals surface area contributed by atoms with Crippen molar-refractivity contribution in [3.63, 3.8) is 0 Å². The molecule has 2 rings (SSSR count). The standard InChI is InChI=1S/C18H21N3O3/c1-12-6-4-5-7-14(12)20-18(23)21-15-9-8-13(10-16(15)24-3)11-17(22)19-2/h4-10H,11H2,1-3H3,(H,19,22)(H2,20,21,23). The zero-order valence-corrected chi connectivity index (χ0v) is 14.0. The molecule has 2 aromatic rings. The van der Waals surface area contributed by atoms with Crippen LogP contribution in [-0.2, 0) is 11.2 Å². The molecule has 0 spiro atoms. The minimum atomic E-state index is -0.360. The minimum absolute atomic E-state index is 0.0879. The second kappa shape index (κ2) is 8.01. The highest BCUT2D eigenvalue weighted by Gasteiger charge is 2.10. The van der Waals surface area contributed by atoms with Crippen molar-refractivity contribution in [2.75, 3.05) is 24.8 Å². The van der Waals surface area contributed by atoms with E-state index in [4.69, 9.17) is 4.74 Å². The number of anilines is 2. The highest BCUT2D eigenvalue weighted by Crippen LogP contribution is 2.26. The van der Waals surface area contributed by atoms with Crippen LogP contribution in [0.5, 0.6) is 5.75 Å². The average molecular weight is 327 g/mol. The Balaban J connectivity index is 2.10. The van der Waals surface area contributed by atoms with Crippen molar-refractivity contribution in [1.82, 2.24) is 5.32 Å². The number of nitrogens with one attached hydrogen (secondary N) is 3. The molecule has 126 valence electrons. The first-order valence-corrected chi connectivity index (χ1v) is 7.54. The van der Waals surface area contributed by atoms with Crippen LogP contribution in [0, 0.1) is 6.92 Å². The van der Waals surface area contributed by atoms with E-state index in [0.717, 1.165) is 16.8 Å². The van der Waals surface area contributed by atoms with Crippen LogP contribution in [0.3, 0.4) is 0 Å². The molecule has 0 aliphatic heterocycles. The largest absolute Gasteiger partial charge is 0.495 e. The number of likely N-dealkylation sites (N-methyl/N-ethyl adjacent to an activating group) is 1. The van der Waals surface area contributed by atoms with Gasteiger partial charge in [0, 0.05) is 12.7 Å². The lowest BCUT2D eigenvalue weighted by Crippen LogP contribution is -2.21. The monoisotopic (exact) mass is 327 g/mol. The lowest BCUT2D eigenvalue weighted by Gasteiger charge is -2.13. The molecule has 6 nitrogen and oxygen atoms in total. The Hall–Kier alpha value is -3.02. The Morgan fingerprint density at radius 3 is 2.42 bits per heavy atom. The maximum atomic E-state index is 12.2. The third-order valence-corrected chi connectivity index (χ3v) is 3.55. The summed E-state index contributed by atoms with van der Waals surface area (Å²) in [6, 6.07) is 12.4. The van der Waals surface area contributed by atoms with Gasteiger partial charge < -0.3 is 20.7 Å². The summed E-state index contributed by atoms with van der Waals surface area (Å²) in [5, 5.41) is 8.12. The van der Waals surface area contributed by atoms with Gasteiger partial charge in [0.25, 0.3) is 0 Å². The van der Waals surface area contributed by atoms with Gasteiger partial charge >= 0.3 is 6.03 Å². The van der Waals surface area contributed by atoms with Crippen LogP contribution < -0.4 is 20.7 Å². The first kappa shape index (κ1) is 17.3. The number of hydrogen-bond acceptors (Lipinski definition) is 3. The molecule has 0 bridgehead atoms. The van der Waals surface area contributed by atoms with Gasteiger partial charge in [-0.05, 0) is 36.2 Å². The molecular formula is C18H21N3O3. The number of aryl methyl sites for hydroxylation is 1. The summed E-state index contributed by atoms with van der Waals surface area (Å²) in [6.45, 7) is 1.92. The summed E-state index contributed by atoms with van der Waals surface area (Å²) in [5.74, 6) is 0.409. The van der Waals surface area contributed by atoms with Gasteiger partial charge in [-0.15, -0.1) is 0 Å². The van der Waals surface area contributed by atoms with E-state index in [2.05, 4.69) is 16.0 Å². The number of para-hydroxylation sites is 1. The Kier molecular flexibility index (Phi) is 5.78. The third-order valence-electron chi connectivity index (χ3n) is 3.55. The zero-order valence-electron chi connectivity index (χ0n) is 14.0. The molecule has 0 aliphatic carbocycles. The van der Waals surface area contributed by atoms with Crippen molar-refractivity contribution in [3.8, 4) is 5.75 Å². The Morgan fingerprint density at radius 1 is 1.04 bits per heavy atom. The van der Waals surface area contributed by atoms with E-state index < -0.39 is 0 Å². The van der Waals surface area contributed by atoms with E-state index in [1.807, 2.05) is 31.2 Å². The molecule has 6 heteroatoms. The zero-order chi connectivity index (χ0) is 17.5. The third kappa shape index (κ3) is 4.49. The normalized spacial score (nSPS) is 9.96. The van der Waals surface area contributed by atoms with E-state index in [1.165, 1.54) is 7.11 Å². The predicted octanol–water partition coefficient (Wildman–Crippen LogP) is 2.94. The number of benzene rings is 2. The number of rotatable bonds is 5. The van der Waals surface area contributed by atoms with Crippen LogP contribution in [0.4, 0.5) is 16.2 Å². The summed E-state index contributed by atoms with van der Waals surface area (Å²) >= 11 is 0. The fourth-order valence-corrected chi connectivity index (χ4v) is 2.21. The maximum absolute atomic E-state index is 12.2. The van der Waals surface area contributed by atoms with Gasteiger partial charge in [-0.3, -0.25) is 4.79 Å². The van der Waals surface area contributed by atoms with Crippen LogP contribution in [0.2, 0.25) is 0 Å². The van der Waals surface area contributed by atoms with Crippen molar-refractivity contribution in [2.24, 2.45) is 0 Å². The van der Waals surface area contributed by atoms with Crippen molar-refractivity contribution in [2.45, 2.75) is 13.3 Å². The van der Waals surface area contributed by atoms with Gasteiger partial charge in [-0.1, -0.05) is 24.3 Å². The summed E-state index contributed by atoms with van der Waals surface area (Å²) in [5.41, 5.74) is 3.05. The first-order chi connectivity index (χ1) is 11.5. The van der Waals surface area contributed by atoms with E-state index >= 15 is 0 Å². The van der Waals surface area contributed by atoms with Gasteiger partial charge in [-0.25, -0.2) is 4.79 Å². The Labute approximate surface area is 141 Å². The number of methoxy groups -OCH3 is 1. The number of carbonyl (C=O) groups is 2. The lowest BCUT2D eigenvalue weighted by atomic mass is 10.1. The molecular weight excluding hydrogens is 306 g/mol. The molecule has 0 radical (unpaired) electrons. The quantitative estimate of drug-likeness (QED) is 0.790. The fourth-order valence-electron chi connectivity index (χ4n) is 2.21. The van der Waals surface area contributed by atoms with E-state index in [0.29, 0.717) is 11.4 Å².